The van der Waals surface area contributed by atoms with Crippen molar-refractivity contribution < 1.29 is 9.47 Å². The Morgan fingerprint density at radius 3 is 3.00 bits per heavy atom. The molecule has 0 aliphatic carbocycles. The maximum atomic E-state index is 6.14. The molecule has 25 heavy (non-hydrogen) atoms. The van der Waals surface area contributed by atoms with E-state index in [2.05, 4.69) is 33.2 Å². The Balaban J connectivity index is 1.66. The van der Waals surface area contributed by atoms with Crippen LogP contribution in [0.25, 0.3) is 11.0 Å². The second-order valence-electron chi connectivity index (χ2n) is 7.08. The monoisotopic (exact) mass is 365 g/mol. The molecule has 0 radical (unpaired) electrons. The predicted octanol–water partition coefficient (Wildman–Crippen LogP) is 2.10. The molecule has 3 rings (SSSR count). The summed E-state index contributed by atoms with van der Waals surface area (Å²) in [6.07, 6.45) is 5.78. The number of hydrogen-bond acceptors (Lipinski definition) is 7. The normalized spacial score (nSPS) is 23.4. The van der Waals surface area contributed by atoms with Gasteiger partial charge in [-0.1, -0.05) is 0 Å². The molecule has 1 fully saturated rings. The van der Waals surface area contributed by atoms with E-state index in [1.54, 1.807) is 0 Å². The van der Waals surface area contributed by atoms with E-state index >= 15 is 0 Å². The van der Waals surface area contributed by atoms with Crippen molar-refractivity contribution >= 4 is 28.6 Å². The van der Waals surface area contributed by atoms with Gasteiger partial charge in [-0.2, -0.15) is 11.8 Å². The summed E-state index contributed by atoms with van der Waals surface area (Å²) >= 11 is 1.81. The molecule has 2 aromatic rings. The van der Waals surface area contributed by atoms with Gasteiger partial charge in [0.2, 0.25) is 0 Å². The third kappa shape index (κ3) is 4.25. The summed E-state index contributed by atoms with van der Waals surface area (Å²) in [6.45, 7) is 6.36. The zero-order chi connectivity index (χ0) is 18.0. The van der Waals surface area contributed by atoms with Crippen molar-refractivity contribution in [1.82, 2.24) is 19.9 Å². The van der Waals surface area contributed by atoms with Crippen LogP contribution in [0.2, 0.25) is 0 Å². The number of anilines is 1. The summed E-state index contributed by atoms with van der Waals surface area (Å²) in [5, 5.41) is 0. The van der Waals surface area contributed by atoms with E-state index in [9.17, 15) is 0 Å². The molecule has 3 N–H and O–H groups in total. The van der Waals surface area contributed by atoms with Crippen LogP contribution in [0, 0.1) is 5.92 Å². The van der Waals surface area contributed by atoms with Crippen LogP contribution in [0.5, 0.6) is 0 Å². The van der Waals surface area contributed by atoms with Gasteiger partial charge >= 0.3 is 0 Å². The molecule has 3 heterocycles. The topological polar surface area (TPSA) is 89.3 Å². The average Bonchev–Trinajstić information content (AvgIpc) is 2.94. The molecular weight excluding hydrogens is 338 g/mol. The lowest BCUT2D eigenvalue weighted by Crippen LogP contribution is -2.49. The average molecular weight is 366 g/mol. The summed E-state index contributed by atoms with van der Waals surface area (Å²) in [7, 11) is 2.11. The quantitative estimate of drug-likeness (QED) is 0.810. The van der Waals surface area contributed by atoms with Gasteiger partial charge in [-0.15, -0.1) is 0 Å². The molecule has 0 aromatic carbocycles. The minimum atomic E-state index is -0.499. The van der Waals surface area contributed by atoms with E-state index in [4.69, 9.17) is 15.2 Å². The molecule has 0 saturated carbocycles. The third-order valence-electron chi connectivity index (χ3n) is 4.49. The molecule has 1 aliphatic heterocycles. The van der Waals surface area contributed by atoms with Crippen LogP contribution in [0.4, 0.5) is 5.82 Å². The third-order valence-corrected chi connectivity index (χ3v) is 5.16. The van der Waals surface area contributed by atoms with Gasteiger partial charge in [0.1, 0.15) is 11.8 Å². The number of thioether (sulfide) groups is 1. The van der Waals surface area contributed by atoms with Crippen LogP contribution in [0.15, 0.2) is 12.5 Å². The first-order valence-electron chi connectivity index (χ1n) is 8.45. The Hall–Kier alpha value is -1.35. The molecule has 0 amide bonds. The molecule has 0 bridgehead atoms. The van der Waals surface area contributed by atoms with Crippen LogP contribution < -0.4 is 5.73 Å². The van der Waals surface area contributed by atoms with Gasteiger partial charge < -0.3 is 25.1 Å². The Bertz CT molecular complexity index is 720. The Labute approximate surface area is 152 Å². The molecular formula is C17H27N5O2S. The number of nitrogens with two attached hydrogens (primary N) is 1. The number of ether oxygens (including phenoxy) is 2. The zero-order valence-corrected chi connectivity index (χ0v) is 16.1. The summed E-state index contributed by atoms with van der Waals surface area (Å²) in [5.74, 6) is 1.30. The van der Waals surface area contributed by atoms with E-state index in [0.29, 0.717) is 18.3 Å². The predicted molar refractivity (Wildman–Crippen MR) is 101 cm³/mol. The number of nitrogens with one attached hydrogen (secondary N) is 1. The number of nitrogen functional groups attached to an aromatic ring is 1. The number of aromatic amines is 1. The van der Waals surface area contributed by atoms with Gasteiger partial charge in [-0.3, -0.25) is 0 Å². The van der Waals surface area contributed by atoms with Gasteiger partial charge in [0.05, 0.1) is 18.2 Å². The van der Waals surface area contributed by atoms with E-state index in [0.717, 1.165) is 35.4 Å². The Kier molecular flexibility index (Phi) is 5.52. The highest BCUT2D eigenvalue weighted by Crippen LogP contribution is 2.29. The second-order valence-corrected chi connectivity index (χ2v) is 7.99. The molecule has 7 nitrogen and oxygen atoms in total. The SMILES string of the molecule is CSC[C@@H]1OC(C)(C)OC[C@H]1CN(C)Cc1c[nH]c2c(N)ncnc12. The number of nitrogens with zero attached hydrogens (tertiary/aromatic N) is 3. The van der Waals surface area contributed by atoms with Crippen molar-refractivity contribution in [3.8, 4) is 0 Å². The lowest BCUT2D eigenvalue weighted by atomic mass is 10.0. The van der Waals surface area contributed by atoms with Crippen LogP contribution in [0.3, 0.4) is 0 Å². The Morgan fingerprint density at radius 1 is 1.44 bits per heavy atom. The number of hydrogen-bond donors (Lipinski definition) is 2. The number of aromatic nitrogens is 3. The van der Waals surface area contributed by atoms with Gasteiger partial charge in [-0.05, 0) is 27.2 Å². The highest BCUT2D eigenvalue weighted by atomic mass is 32.2. The smallest absolute Gasteiger partial charge is 0.163 e. The first kappa shape index (κ1) is 18.4. The second kappa shape index (κ2) is 7.49. The highest BCUT2D eigenvalue weighted by molar-refractivity contribution is 7.98. The van der Waals surface area contributed by atoms with Gasteiger partial charge in [0.15, 0.2) is 11.6 Å². The van der Waals surface area contributed by atoms with Gasteiger partial charge in [0.25, 0.3) is 0 Å². The fourth-order valence-electron chi connectivity index (χ4n) is 3.30. The molecule has 0 unspecified atom stereocenters. The van der Waals surface area contributed by atoms with Crippen molar-refractivity contribution in [3.63, 3.8) is 0 Å². The zero-order valence-electron chi connectivity index (χ0n) is 15.3. The lowest BCUT2D eigenvalue weighted by Gasteiger charge is -2.42. The minimum Gasteiger partial charge on any atom is -0.382 e. The molecule has 2 aromatic heterocycles. The van der Waals surface area contributed by atoms with E-state index in [1.165, 1.54) is 6.33 Å². The van der Waals surface area contributed by atoms with Crippen molar-refractivity contribution in [2.45, 2.75) is 32.3 Å². The van der Waals surface area contributed by atoms with Crippen molar-refractivity contribution in [1.29, 1.82) is 0 Å². The van der Waals surface area contributed by atoms with Gasteiger partial charge in [0, 0.05) is 36.5 Å². The minimum absolute atomic E-state index is 0.196. The molecule has 1 saturated heterocycles. The van der Waals surface area contributed by atoms with Gasteiger partial charge in [-0.25, -0.2) is 9.97 Å². The number of rotatable bonds is 6. The van der Waals surface area contributed by atoms with E-state index < -0.39 is 5.79 Å². The number of H-pyrrole nitrogens is 1. The largest absolute Gasteiger partial charge is 0.382 e. The fourth-order valence-corrected chi connectivity index (χ4v) is 3.97. The molecule has 8 heteroatoms. The summed E-state index contributed by atoms with van der Waals surface area (Å²) < 4.78 is 12.0. The van der Waals surface area contributed by atoms with Crippen molar-refractivity contribution in [3.05, 3.63) is 18.1 Å². The van der Waals surface area contributed by atoms with Crippen LogP contribution in [0.1, 0.15) is 19.4 Å². The van der Waals surface area contributed by atoms with Crippen LogP contribution in [-0.4, -0.2) is 64.0 Å². The first-order valence-corrected chi connectivity index (χ1v) is 9.84. The summed E-state index contributed by atoms with van der Waals surface area (Å²) in [6, 6.07) is 0. The van der Waals surface area contributed by atoms with Crippen LogP contribution in [-0.2, 0) is 16.0 Å². The number of fused-ring (bicyclic) bond motifs is 1. The van der Waals surface area contributed by atoms with Crippen molar-refractivity contribution in [2.24, 2.45) is 5.92 Å². The van der Waals surface area contributed by atoms with Crippen molar-refractivity contribution in [2.75, 3.05) is 37.9 Å². The molecule has 138 valence electrons. The van der Waals surface area contributed by atoms with E-state index in [-0.39, 0.29) is 6.10 Å². The summed E-state index contributed by atoms with van der Waals surface area (Å²) in [4.78, 5) is 13.8. The standard InChI is InChI=1S/C17H27N5O2S/c1-17(2)23-8-12(13(24-17)9-25-4)7-22(3)6-11-5-19-15-14(11)20-10-21-16(15)18/h5,10,12-13,19H,6-9H2,1-4H3,(H2,18,20,21)/t12-,13+/m1/s1. The maximum absolute atomic E-state index is 6.14. The summed E-state index contributed by atoms with van der Waals surface area (Å²) in [5.41, 5.74) is 8.70. The van der Waals surface area contributed by atoms with E-state index in [1.807, 2.05) is 31.8 Å². The maximum Gasteiger partial charge on any atom is 0.163 e. The first-order chi connectivity index (χ1) is 11.9. The highest BCUT2D eigenvalue weighted by Gasteiger charge is 2.36. The van der Waals surface area contributed by atoms with Crippen LogP contribution >= 0.6 is 11.8 Å². The molecule has 2 atom stereocenters. The fraction of sp³-hybridized carbons (Fsp3) is 0.647. The molecule has 0 spiro atoms. The Morgan fingerprint density at radius 2 is 2.24 bits per heavy atom. The lowest BCUT2D eigenvalue weighted by molar-refractivity contribution is -0.288. The molecule has 1 aliphatic rings.